The summed E-state index contributed by atoms with van der Waals surface area (Å²) in [6.07, 6.45) is 2.09. The number of benzene rings is 3. The highest BCUT2D eigenvalue weighted by molar-refractivity contribution is 5.93. The fourth-order valence-electron chi connectivity index (χ4n) is 4.69. The van der Waals surface area contributed by atoms with E-state index in [1.54, 1.807) is 36.4 Å². The van der Waals surface area contributed by atoms with Gasteiger partial charge in [-0.1, -0.05) is 72.8 Å². The minimum atomic E-state index is -1.51. The fourth-order valence-corrected chi connectivity index (χ4v) is 4.69. The van der Waals surface area contributed by atoms with Crippen molar-refractivity contribution in [3.63, 3.8) is 0 Å². The third-order valence-corrected chi connectivity index (χ3v) is 7.15. The van der Waals surface area contributed by atoms with Gasteiger partial charge in [0.05, 0.1) is 18.3 Å². The second-order valence-electron chi connectivity index (χ2n) is 10.4. The van der Waals surface area contributed by atoms with Crippen LogP contribution in [0, 0.1) is 0 Å². The molecule has 1 heterocycles. The van der Waals surface area contributed by atoms with Crippen LogP contribution in [0.4, 0.5) is 4.79 Å². The maximum absolute atomic E-state index is 13.9. The number of amides is 3. The number of hydrogen-bond acceptors (Lipinski definition) is 8. The van der Waals surface area contributed by atoms with E-state index in [2.05, 4.69) is 20.6 Å². The Morgan fingerprint density at radius 1 is 0.844 bits per heavy atom. The SMILES string of the molecule is CN(C(=O)[C@H](Cc1cnc[nH]1)NC(=O)OCc1ccccc1)[C@@H](Cc1ccccc1)C(=O)N[C@@H](Cc1ccc(O)cc1)C(=O)[O-]. The lowest BCUT2D eigenvalue weighted by molar-refractivity contribution is -0.308. The van der Waals surface area contributed by atoms with Crippen LogP contribution in [0.1, 0.15) is 22.4 Å². The summed E-state index contributed by atoms with van der Waals surface area (Å²) < 4.78 is 5.34. The van der Waals surface area contributed by atoms with Crippen molar-refractivity contribution >= 4 is 23.9 Å². The standard InChI is InChI=1S/C33H35N5O7/c1-38(31(41)27(18-25-19-34-21-35-25)37-33(44)45-20-24-10-6-3-7-11-24)29(17-22-8-4-2-5-9-22)30(40)36-28(32(42)43)16-23-12-14-26(39)15-13-23/h2-15,19,21,27-29,39H,16-18,20H2,1H3,(H,34,35)(H,36,40)(H,37,44)(H,42,43)/p-1/t27-,28-,29-/m0/s1. The van der Waals surface area contributed by atoms with Crippen molar-refractivity contribution in [2.24, 2.45) is 0 Å². The summed E-state index contributed by atoms with van der Waals surface area (Å²) in [7, 11) is 1.42. The van der Waals surface area contributed by atoms with Gasteiger partial charge in [-0.05, 0) is 35.2 Å². The Morgan fingerprint density at radius 3 is 2.07 bits per heavy atom. The number of aromatic amines is 1. The number of hydrogen-bond donors (Lipinski definition) is 4. The number of H-pyrrole nitrogens is 1. The van der Waals surface area contributed by atoms with Crippen LogP contribution in [-0.2, 0) is 45.0 Å². The average Bonchev–Trinajstić information content (AvgIpc) is 3.56. The van der Waals surface area contributed by atoms with E-state index >= 15 is 0 Å². The summed E-state index contributed by atoms with van der Waals surface area (Å²) in [5, 5.41) is 26.7. The number of aliphatic carboxylic acids is 1. The van der Waals surface area contributed by atoms with E-state index in [0.717, 1.165) is 11.1 Å². The molecular formula is C33H34N5O7-. The van der Waals surface area contributed by atoms with Crippen LogP contribution in [0.25, 0.3) is 0 Å². The molecule has 234 valence electrons. The molecule has 4 rings (SSSR count). The molecule has 0 unspecified atom stereocenters. The number of aromatic hydroxyl groups is 1. The first-order valence-corrected chi connectivity index (χ1v) is 14.2. The van der Waals surface area contributed by atoms with E-state index < -0.39 is 42.0 Å². The molecule has 0 aliphatic heterocycles. The molecule has 0 saturated heterocycles. The highest BCUT2D eigenvalue weighted by atomic mass is 16.5. The van der Waals surface area contributed by atoms with E-state index in [4.69, 9.17) is 4.74 Å². The van der Waals surface area contributed by atoms with Gasteiger partial charge in [0.2, 0.25) is 11.8 Å². The molecule has 0 aliphatic carbocycles. The Balaban J connectivity index is 1.54. The number of alkyl carbamates (subject to hydrolysis) is 1. The first kappa shape index (κ1) is 32.3. The highest BCUT2D eigenvalue weighted by Gasteiger charge is 2.34. The van der Waals surface area contributed by atoms with Crippen molar-refractivity contribution in [1.82, 2.24) is 25.5 Å². The quantitative estimate of drug-likeness (QED) is 0.166. The van der Waals surface area contributed by atoms with Gasteiger partial charge in [0.15, 0.2) is 0 Å². The zero-order valence-electron chi connectivity index (χ0n) is 24.6. The molecule has 0 spiro atoms. The summed E-state index contributed by atoms with van der Waals surface area (Å²) in [4.78, 5) is 60.6. The second-order valence-corrected chi connectivity index (χ2v) is 10.4. The highest BCUT2D eigenvalue weighted by Crippen LogP contribution is 2.15. The van der Waals surface area contributed by atoms with Gasteiger partial charge in [-0.2, -0.15) is 0 Å². The number of rotatable bonds is 14. The van der Waals surface area contributed by atoms with Gasteiger partial charge in [0.25, 0.3) is 0 Å². The Hall–Kier alpha value is -5.65. The molecule has 0 aliphatic rings. The normalized spacial score (nSPS) is 12.7. The van der Waals surface area contributed by atoms with Gasteiger partial charge in [0, 0.05) is 31.8 Å². The minimum absolute atomic E-state index is 0.0121. The lowest BCUT2D eigenvalue weighted by Gasteiger charge is -2.32. The smallest absolute Gasteiger partial charge is 0.408 e. The van der Waals surface area contributed by atoms with Gasteiger partial charge in [0.1, 0.15) is 24.4 Å². The van der Waals surface area contributed by atoms with Crippen LogP contribution in [0.5, 0.6) is 5.75 Å². The van der Waals surface area contributed by atoms with Crippen LogP contribution in [0.2, 0.25) is 0 Å². The van der Waals surface area contributed by atoms with Gasteiger partial charge >= 0.3 is 6.09 Å². The first-order valence-electron chi connectivity index (χ1n) is 14.2. The molecule has 0 bridgehead atoms. The molecular weight excluding hydrogens is 578 g/mol. The third-order valence-electron chi connectivity index (χ3n) is 7.15. The van der Waals surface area contributed by atoms with E-state index in [1.165, 1.54) is 48.7 Å². The number of likely N-dealkylation sites (N-methyl/N-ethyl adjacent to an activating group) is 1. The van der Waals surface area contributed by atoms with Gasteiger partial charge in [-0.3, -0.25) is 9.59 Å². The van der Waals surface area contributed by atoms with E-state index in [9.17, 15) is 29.4 Å². The van der Waals surface area contributed by atoms with Crippen LogP contribution in [-0.4, -0.2) is 69.0 Å². The number of nitrogens with one attached hydrogen (secondary N) is 3. The summed E-state index contributed by atoms with van der Waals surface area (Å²) >= 11 is 0. The molecule has 45 heavy (non-hydrogen) atoms. The van der Waals surface area contributed by atoms with Crippen LogP contribution in [0.3, 0.4) is 0 Å². The topological polar surface area (TPSA) is 177 Å². The number of carbonyl (C=O) groups is 4. The predicted octanol–water partition coefficient (Wildman–Crippen LogP) is 1.50. The predicted molar refractivity (Wildman–Crippen MR) is 161 cm³/mol. The maximum Gasteiger partial charge on any atom is 0.408 e. The molecule has 3 aromatic carbocycles. The summed E-state index contributed by atoms with van der Waals surface area (Å²) in [6.45, 7) is -0.0157. The van der Waals surface area contributed by atoms with E-state index in [-0.39, 0.29) is 31.6 Å². The summed E-state index contributed by atoms with van der Waals surface area (Å²) in [5.41, 5.74) is 2.58. The molecule has 4 N–H and O–H groups in total. The van der Waals surface area contributed by atoms with Gasteiger partial charge in [-0.25, -0.2) is 9.78 Å². The largest absolute Gasteiger partial charge is 0.548 e. The molecule has 0 fully saturated rings. The van der Waals surface area contributed by atoms with Crippen molar-refractivity contribution in [1.29, 1.82) is 0 Å². The van der Waals surface area contributed by atoms with Crippen molar-refractivity contribution in [3.05, 3.63) is 120 Å². The Labute approximate surface area is 260 Å². The van der Waals surface area contributed by atoms with Gasteiger partial charge < -0.3 is 40.3 Å². The number of ether oxygens (including phenoxy) is 1. The maximum atomic E-state index is 13.9. The molecule has 12 heteroatoms. The zero-order chi connectivity index (χ0) is 32.2. The molecule has 12 nitrogen and oxygen atoms in total. The van der Waals surface area contributed by atoms with E-state index in [0.29, 0.717) is 11.3 Å². The summed E-state index contributed by atoms with van der Waals surface area (Å²) in [5.74, 6) is -2.84. The number of carboxylic acid groups (broad SMARTS) is 1. The third kappa shape index (κ3) is 9.68. The average molecular weight is 613 g/mol. The Kier molecular flexibility index (Phi) is 11.3. The zero-order valence-corrected chi connectivity index (χ0v) is 24.6. The number of carboxylic acids is 1. The van der Waals surface area contributed by atoms with Crippen molar-refractivity contribution < 1.29 is 34.1 Å². The van der Waals surface area contributed by atoms with Crippen LogP contribution in [0.15, 0.2) is 97.5 Å². The number of aromatic nitrogens is 2. The monoisotopic (exact) mass is 612 g/mol. The van der Waals surface area contributed by atoms with Gasteiger partial charge in [-0.15, -0.1) is 0 Å². The number of phenolic OH excluding ortho intramolecular Hbond substituents is 1. The molecule has 1 aromatic heterocycles. The number of phenols is 1. The Morgan fingerprint density at radius 2 is 1.47 bits per heavy atom. The molecule has 4 aromatic rings. The van der Waals surface area contributed by atoms with Crippen molar-refractivity contribution in [2.45, 2.75) is 44.0 Å². The van der Waals surface area contributed by atoms with Crippen LogP contribution < -0.4 is 15.7 Å². The second kappa shape index (κ2) is 15.7. The lowest BCUT2D eigenvalue weighted by Crippen LogP contribution is -2.58. The number of carbonyl (C=O) groups excluding carboxylic acids is 4. The lowest BCUT2D eigenvalue weighted by atomic mass is 10.0. The number of nitrogens with zero attached hydrogens (tertiary/aromatic N) is 2. The minimum Gasteiger partial charge on any atom is -0.548 e. The van der Waals surface area contributed by atoms with Crippen molar-refractivity contribution in [2.75, 3.05) is 7.05 Å². The fraction of sp³-hybridized carbons (Fsp3) is 0.242. The molecule has 3 atom stereocenters. The molecule has 3 amide bonds. The molecule has 0 saturated carbocycles. The van der Waals surface area contributed by atoms with Crippen molar-refractivity contribution in [3.8, 4) is 5.75 Å². The molecule has 0 radical (unpaired) electrons. The van der Waals surface area contributed by atoms with E-state index in [1.807, 2.05) is 24.3 Å². The first-order chi connectivity index (χ1) is 21.7. The number of imidazole rings is 1. The Bertz CT molecular complexity index is 1550. The summed E-state index contributed by atoms with van der Waals surface area (Å²) in [6, 6.07) is 20.1. The van der Waals surface area contributed by atoms with Crippen LogP contribution >= 0.6 is 0 Å².